The number of fused-ring (bicyclic) bond motifs is 1. The molecule has 1 aromatic rings. The molecule has 2 amide bonds. The monoisotopic (exact) mass is 493 g/mol. The number of phenols is 1. The minimum absolute atomic E-state index is 0.0304. The Morgan fingerprint density at radius 3 is 2.41 bits per heavy atom. The van der Waals surface area contributed by atoms with Crippen molar-refractivity contribution in [1.29, 1.82) is 0 Å². The van der Waals surface area contributed by atoms with Crippen LogP contribution in [-0.4, -0.2) is 75.0 Å². The Morgan fingerprint density at radius 1 is 1.12 bits per heavy atom. The molecule has 1 aromatic carbocycles. The molecule has 34 heavy (non-hydrogen) atoms. The van der Waals surface area contributed by atoms with Gasteiger partial charge in [-0.3, -0.25) is 28.8 Å². The lowest BCUT2D eigenvalue weighted by atomic mass is 9.89. The minimum Gasteiger partial charge on any atom is -0.507 e. The van der Waals surface area contributed by atoms with Crippen molar-refractivity contribution >= 4 is 47.1 Å². The Labute approximate surface area is 197 Å². The number of benzene rings is 1. The van der Waals surface area contributed by atoms with E-state index in [2.05, 4.69) is 10.6 Å². The van der Waals surface area contributed by atoms with Crippen molar-refractivity contribution in [2.24, 2.45) is 5.73 Å². The van der Waals surface area contributed by atoms with Crippen molar-refractivity contribution in [2.45, 2.75) is 31.8 Å². The van der Waals surface area contributed by atoms with Gasteiger partial charge in [0.05, 0.1) is 10.5 Å². The molecule has 1 aliphatic carbocycles. The number of carbonyl (C=O) groups is 6. The maximum absolute atomic E-state index is 12.9. The van der Waals surface area contributed by atoms with E-state index in [1.54, 1.807) is 0 Å². The molecule has 0 fully saturated rings. The fourth-order valence-corrected chi connectivity index (χ4v) is 4.15. The number of hydrogen-bond acceptors (Lipinski definition) is 9. The van der Waals surface area contributed by atoms with Gasteiger partial charge in [-0.2, -0.15) is 0 Å². The summed E-state index contributed by atoms with van der Waals surface area (Å²) in [4.78, 5) is 71.8. The highest BCUT2D eigenvalue weighted by molar-refractivity contribution is 8.04. The largest absolute Gasteiger partial charge is 0.507 e. The maximum atomic E-state index is 12.9. The first kappa shape index (κ1) is 26.5. The number of nitrogens with two attached hydrogens (primary N) is 1. The van der Waals surface area contributed by atoms with Crippen molar-refractivity contribution in [3.05, 3.63) is 39.8 Å². The number of amides is 2. The lowest BCUT2D eigenvalue weighted by molar-refractivity contribution is -0.139. The van der Waals surface area contributed by atoms with Gasteiger partial charge in [0.25, 0.3) is 0 Å². The van der Waals surface area contributed by atoms with Gasteiger partial charge in [-0.05, 0) is 19.4 Å². The fourth-order valence-electron chi connectivity index (χ4n) is 3.04. The van der Waals surface area contributed by atoms with E-state index in [0.717, 1.165) is 11.8 Å². The zero-order chi connectivity index (χ0) is 25.6. The summed E-state index contributed by atoms with van der Waals surface area (Å²) in [6.07, 6.45) is -0.522. The molecule has 2 atom stereocenters. The second-order valence-corrected chi connectivity index (χ2v) is 8.37. The van der Waals surface area contributed by atoms with Crippen LogP contribution in [0.15, 0.2) is 28.7 Å². The zero-order valence-electron chi connectivity index (χ0n) is 18.0. The first-order valence-electron chi connectivity index (χ1n) is 9.96. The number of ketones is 2. The summed E-state index contributed by atoms with van der Waals surface area (Å²) in [7, 11) is 0. The average Bonchev–Trinajstić information content (AvgIpc) is 2.78. The van der Waals surface area contributed by atoms with E-state index in [-0.39, 0.29) is 45.9 Å². The summed E-state index contributed by atoms with van der Waals surface area (Å²) in [5, 5.41) is 32.1. The Morgan fingerprint density at radius 2 is 1.79 bits per heavy atom. The number of phenolic OH excluding ortho intramolecular Hbond substituents is 1. The second kappa shape index (κ2) is 11.4. The number of Topliss-reactive ketones (excluding diaryl/α,β-unsaturated/α-hetero) is 2. The molecule has 1 aliphatic rings. The van der Waals surface area contributed by atoms with Gasteiger partial charge in [-0.1, -0.05) is 12.1 Å². The number of carboxylic acid groups (broad SMARTS) is 2. The summed E-state index contributed by atoms with van der Waals surface area (Å²) in [6.45, 7) is 0.696. The summed E-state index contributed by atoms with van der Waals surface area (Å²) < 4.78 is 0. The van der Waals surface area contributed by atoms with Crippen LogP contribution in [0.25, 0.3) is 0 Å². The van der Waals surface area contributed by atoms with Crippen LogP contribution < -0.4 is 16.4 Å². The molecule has 13 heteroatoms. The molecule has 0 saturated carbocycles. The maximum Gasteiger partial charge on any atom is 0.322 e. The molecule has 182 valence electrons. The van der Waals surface area contributed by atoms with Gasteiger partial charge in [0, 0.05) is 23.3 Å². The number of allylic oxidation sites excluding steroid dienone is 2. The Balaban J connectivity index is 2.19. The number of aliphatic carboxylic acids is 2. The second-order valence-electron chi connectivity index (χ2n) is 7.34. The van der Waals surface area contributed by atoms with E-state index in [1.807, 2.05) is 0 Å². The van der Waals surface area contributed by atoms with Gasteiger partial charge >= 0.3 is 11.9 Å². The van der Waals surface area contributed by atoms with Gasteiger partial charge in [0.15, 0.2) is 5.78 Å². The summed E-state index contributed by atoms with van der Waals surface area (Å²) >= 11 is 0.788. The Hall–Kier alpha value is -3.71. The van der Waals surface area contributed by atoms with Gasteiger partial charge < -0.3 is 31.7 Å². The van der Waals surface area contributed by atoms with Crippen LogP contribution in [0.2, 0.25) is 0 Å². The average molecular weight is 493 g/mol. The predicted molar refractivity (Wildman–Crippen MR) is 119 cm³/mol. The number of carbonyl (C=O) groups excluding carboxylic acids is 4. The summed E-state index contributed by atoms with van der Waals surface area (Å²) in [5.41, 5.74) is 5.34. The van der Waals surface area contributed by atoms with Crippen LogP contribution in [0, 0.1) is 0 Å². The van der Waals surface area contributed by atoms with Gasteiger partial charge in [0.2, 0.25) is 17.6 Å². The molecule has 0 unspecified atom stereocenters. The molecule has 12 nitrogen and oxygen atoms in total. The first-order chi connectivity index (χ1) is 15.9. The van der Waals surface area contributed by atoms with Gasteiger partial charge in [0.1, 0.15) is 24.4 Å². The van der Waals surface area contributed by atoms with E-state index in [4.69, 9.17) is 15.9 Å². The van der Waals surface area contributed by atoms with Crippen LogP contribution in [0.4, 0.5) is 0 Å². The molecule has 0 saturated heterocycles. The molecular formula is C21H23N3O9S. The van der Waals surface area contributed by atoms with Crippen molar-refractivity contribution < 1.29 is 44.1 Å². The van der Waals surface area contributed by atoms with Gasteiger partial charge in [-0.25, -0.2) is 0 Å². The number of hydrogen-bond donors (Lipinski definition) is 6. The topological polar surface area (TPSA) is 213 Å². The van der Waals surface area contributed by atoms with Crippen LogP contribution >= 0.6 is 11.8 Å². The molecule has 0 heterocycles. The third-order valence-electron chi connectivity index (χ3n) is 4.86. The number of carboxylic acids is 2. The molecule has 0 aromatic heterocycles. The fraction of sp³-hybridized carbons (Fsp3) is 0.333. The lowest BCUT2D eigenvalue weighted by Crippen LogP contribution is -2.49. The highest BCUT2D eigenvalue weighted by Crippen LogP contribution is 2.36. The van der Waals surface area contributed by atoms with Crippen molar-refractivity contribution in [3.8, 4) is 5.75 Å². The Kier molecular flexibility index (Phi) is 8.92. The molecule has 0 radical (unpaired) electrons. The van der Waals surface area contributed by atoms with Crippen LogP contribution in [-0.2, 0) is 19.2 Å². The number of aromatic hydroxyl groups is 1. The normalized spacial score (nSPS) is 14.8. The lowest BCUT2D eigenvalue weighted by Gasteiger charge is -2.22. The molecule has 0 bridgehead atoms. The standard InChI is InChI=1S/C21H23N3O9S/c1-9-17(29)10-3-2-4-13(25)16(10)18(30)19(9)34-8-12(20(31)23-7-15(27)28)24-14(26)6-5-11(22)21(32)33/h2-4,11-12,25H,5-8,22H2,1H3,(H,23,31)(H,24,26)(H,27,28)(H,32,33)/t11-,12+/m0/s1. The molecule has 2 rings (SSSR count). The highest BCUT2D eigenvalue weighted by Gasteiger charge is 2.33. The number of nitrogens with one attached hydrogen (secondary N) is 2. The van der Waals surface area contributed by atoms with E-state index in [0.29, 0.717) is 0 Å². The third-order valence-corrected chi connectivity index (χ3v) is 6.14. The van der Waals surface area contributed by atoms with E-state index in [9.17, 15) is 33.9 Å². The first-order valence-corrected chi connectivity index (χ1v) is 10.9. The highest BCUT2D eigenvalue weighted by atomic mass is 32.2. The van der Waals surface area contributed by atoms with E-state index in [1.165, 1.54) is 25.1 Å². The zero-order valence-corrected chi connectivity index (χ0v) is 18.8. The number of thioether (sulfide) groups is 1. The third kappa shape index (κ3) is 6.42. The molecule has 7 N–H and O–H groups in total. The summed E-state index contributed by atoms with van der Waals surface area (Å²) in [6, 6.07) is 1.50. The smallest absolute Gasteiger partial charge is 0.322 e. The Bertz CT molecular complexity index is 1080. The molecule has 0 aliphatic heterocycles. The predicted octanol–water partition coefficient (Wildman–Crippen LogP) is -0.344. The molecular weight excluding hydrogens is 470 g/mol. The van der Waals surface area contributed by atoms with Crippen molar-refractivity contribution in [1.82, 2.24) is 10.6 Å². The van der Waals surface area contributed by atoms with Crippen LogP contribution in [0.5, 0.6) is 5.75 Å². The van der Waals surface area contributed by atoms with Gasteiger partial charge in [-0.15, -0.1) is 11.8 Å². The quantitative estimate of drug-likeness (QED) is 0.234. The molecule has 0 spiro atoms. The van der Waals surface area contributed by atoms with Crippen LogP contribution in [0.3, 0.4) is 0 Å². The number of rotatable bonds is 11. The van der Waals surface area contributed by atoms with E-state index < -0.39 is 53.9 Å². The summed E-state index contributed by atoms with van der Waals surface area (Å²) in [5.74, 6) is -5.93. The SMILES string of the molecule is CC1=C(SC[C@@H](NC(=O)CC[C@H](N)C(=O)O)C(=O)NCC(=O)O)C(=O)c2c(O)cccc2C1=O. The van der Waals surface area contributed by atoms with E-state index >= 15 is 0 Å². The van der Waals surface area contributed by atoms with Crippen molar-refractivity contribution in [3.63, 3.8) is 0 Å². The van der Waals surface area contributed by atoms with Crippen LogP contribution in [0.1, 0.15) is 40.5 Å². The minimum atomic E-state index is -1.32. The van der Waals surface area contributed by atoms with Crippen molar-refractivity contribution in [2.75, 3.05) is 12.3 Å².